The average Bonchev–Trinajstić information content (AvgIpc) is 2.71. The van der Waals surface area contributed by atoms with Crippen molar-refractivity contribution in [2.24, 2.45) is 5.92 Å². The third-order valence-electron chi connectivity index (χ3n) is 4.08. The highest BCUT2D eigenvalue weighted by molar-refractivity contribution is 5.99. The highest BCUT2D eigenvalue weighted by atomic mass is 16.5. The molecule has 0 saturated heterocycles. The van der Waals surface area contributed by atoms with E-state index >= 15 is 0 Å². The number of amides is 2. The summed E-state index contributed by atoms with van der Waals surface area (Å²) in [5.74, 6) is -0.0532. The van der Waals surface area contributed by atoms with Gasteiger partial charge in [0.1, 0.15) is 11.8 Å². The average molecular weight is 416 g/mol. The van der Waals surface area contributed by atoms with E-state index in [2.05, 4.69) is 20.6 Å². The van der Waals surface area contributed by atoms with E-state index in [9.17, 15) is 9.59 Å². The molecular formula is C21H28N4O5. The van der Waals surface area contributed by atoms with Crippen LogP contribution in [0.15, 0.2) is 30.3 Å². The molecule has 0 fully saturated rings. The molecule has 9 nitrogen and oxygen atoms in total. The molecule has 2 amide bonds. The lowest BCUT2D eigenvalue weighted by Gasteiger charge is -2.23. The van der Waals surface area contributed by atoms with Crippen molar-refractivity contribution in [3.8, 4) is 23.5 Å². The van der Waals surface area contributed by atoms with E-state index in [1.54, 1.807) is 24.3 Å². The Morgan fingerprint density at radius 2 is 1.53 bits per heavy atom. The first-order valence-electron chi connectivity index (χ1n) is 9.60. The van der Waals surface area contributed by atoms with Crippen LogP contribution in [-0.4, -0.2) is 48.1 Å². The van der Waals surface area contributed by atoms with E-state index < -0.39 is 11.9 Å². The quantitative estimate of drug-likeness (QED) is 0.646. The van der Waals surface area contributed by atoms with Gasteiger partial charge in [0, 0.05) is 6.04 Å². The summed E-state index contributed by atoms with van der Waals surface area (Å²) in [4.78, 5) is 33.6. The summed E-state index contributed by atoms with van der Waals surface area (Å²) in [7, 11) is 2.92. The van der Waals surface area contributed by atoms with Crippen molar-refractivity contribution in [1.29, 1.82) is 0 Å². The van der Waals surface area contributed by atoms with Crippen molar-refractivity contribution >= 4 is 11.8 Å². The minimum Gasteiger partial charge on any atom is -0.481 e. The van der Waals surface area contributed by atoms with E-state index in [4.69, 9.17) is 14.2 Å². The predicted molar refractivity (Wildman–Crippen MR) is 111 cm³/mol. The van der Waals surface area contributed by atoms with Crippen molar-refractivity contribution in [3.63, 3.8) is 0 Å². The molecule has 162 valence electrons. The van der Waals surface area contributed by atoms with Crippen molar-refractivity contribution in [1.82, 2.24) is 20.6 Å². The molecule has 9 heteroatoms. The Morgan fingerprint density at radius 3 is 2.07 bits per heavy atom. The summed E-state index contributed by atoms with van der Waals surface area (Å²) in [5.41, 5.74) is 0.242. The topological polar surface area (TPSA) is 112 Å². The number of carbonyl (C=O) groups excluding carboxylic acids is 2. The predicted octanol–water partition coefficient (Wildman–Crippen LogP) is 2.57. The zero-order chi connectivity index (χ0) is 22.3. The molecule has 0 aliphatic carbocycles. The van der Waals surface area contributed by atoms with Crippen molar-refractivity contribution < 1.29 is 23.8 Å². The van der Waals surface area contributed by atoms with Crippen LogP contribution in [0.1, 0.15) is 38.1 Å². The molecule has 1 heterocycles. The van der Waals surface area contributed by atoms with Crippen LogP contribution in [0.3, 0.4) is 0 Å². The van der Waals surface area contributed by atoms with Crippen LogP contribution in [-0.2, 0) is 4.79 Å². The zero-order valence-electron chi connectivity index (χ0n) is 18.1. The molecule has 2 aromatic rings. The molecular weight excluding hydrogens is 388 g/mol. The molecule has 1 aromatic heterocycles. The molecule has 30 heavy (non-hydrogen) atoms. The largest absolute Gasteiger partial charge is 0.481 e. The number of para-hydroxylation sites is 1. The Balaban J connectivity index is 2.27. The van der Waals surface area contributed by atoms with Crippen molar-refractivity contribution in [2.45, 2.75) is 39.8 Å². The number of benzene rings is 1. The summed E-state index contributed by atoms with van der Waals surface area (Å²) in [5, 5.41) is 5.62. The van der Waals surface area contributed by atoms with Gasteiger partial charge in [0.2, 0.25) is 17.7 Å². The normalized spacial score (nSPS) is 11.7. The van der Waals surface area contributed by atoms with Crippen LogP contribution in [0.5, 0.6) is 23.5 Å². The third-order valence-corrected chi connectivity index (χ3v) is 4.08. The Bertz CT molecular complexity index is 863. The number of hydrogen-bond donors (Lipinski definition) is 2. The van der Waals surface area contributed by atoms with Gasteiger partial charge in [-0.2, -0.15) is 9.97 Å². The van der Waals surface area contributed by atoms with Crippen LogP contribution >= 0.6 is 0 Å². The van der Waals surface area contributed by atoms with Crippen LogP contribution in [0.2, 0.25) is 0 Å². The number of nitrogens with zero attached hydrogens (tertiary/aromatic N) is 2. The molecule has 0 aliphatic heterocycles. The van der Waals surface area contributed by atoms with Gasteiger partial charge in [-0.25, -0.2) is 0 Å². The number of carbonyl (C=O) groups is 2. The first-order chi connectivity index (χ1) is 14.2. The first-order valence-corrected chi connectivity index (χ1v) is 9.60. The lowest BCUT2D eigenvalue weighted by atomic mass is 10.0. The molecule has 0 aliphatic rings. The Morgan fingerprint density at radius 1 is 0.933 bits per heavy atom. The number of rotatable bonds is 9. The molecule has 1 aromatic carbocycles. The standard InChI is InChI=1S/C21H28N4O5/c1-12(2)18(20(27)22-13(3)4)25-19(26)14-9-7-8-10-15(14)30-21-23-16(28-5)11-17(24-21)29-6/h7-13,18H,1-6H3,(H,22,27)(H,25,26)/t18-/m0/s1. The van der Waals surface area contributed by atoms with Gasteiger partial charge in [-0.1, -0.05) is 26.0 Å². The summed E-state index contributed by atoms with van der Waals surface area (Å²) >= 11 is 0. The third kappa shape index (κ3) is 6.07. The van der Waals surface area contributed by atoms with Gasteiger partial charge < -0.3 is 24.8 Å². The lowest BCUT2D eigenvalue weighted by Crippen LogP contribution is -2.51. The van der Waals surface area contributed by atoms with Gasteiger partial charge in [0.05, 0.1) is 25.8 Å². The SMILES string of the molecule is COc1cc(OC)nc(Oc2ccccc2C(=O)N[C@H](C(=O)NC(C)C)C(C)C)n1. The van der Waals surface area contributed by atoms with E-state index in [1.807, 2.05) is 27.7 Å². The summed E-state index contributed by atoms with van der Waals surface area (Å²) in [6.45, 7) is 7.46. The van der Waals surface area contributed by atoms with Crippen LogP contribution in [0.4, 0.5) is 0 Å². The summed E-state index contributed by atoms with van der Waals surface area (Å²) in [6, 6.07) is 7.37. The zero-order valence-corrected chi connectivity index (χ0v) is 18.1. The highest BCUT2D eigenvalue weighted by Gasteiger charge is 2.26. The van der Waals surface area contributed by atoms with Gasteiger partial charge >= 0.3 is 6.01 Å². The second-order valence-electron chi connectivity index (χ2n) is 7.19. The number of ether oxygens (including phenoxy) is 3. The van der Waals surface area contributed by atoms with E-state index in [-0.39, 0.29) is 47.0 Å². The number of aromatic nitrogens is 2. The highest BCUT2D eigenvalue weighted by Crippen LogP contribution is 2.26. The molecule has 0 unspecified atom stereocenters. The first kappa shape index (κ1) is 22.9. The molecule has 0 spiro atoms. The van der Waals surface area contributed by atoms with Crippen LogP contribution < -0.4 is 24.8 Å². The number of methoxy groups -OCH3 is 2. The van der Waals surface area contributed by atoms with Gasteiger partial charge in [-0.15, -0.1) is 0 Å². The minimum atomic E-state index is -0.693. The van der Waals surface area contributed by atoms with Gasteiger partial charge in [-0.3, -0.25) is 9.59 Å². The summed E-state index contributed by atoms with van der Waals surface area (Å²) < 4.78 is 16.0. The van der Waals surface area contributed by atoms with Crippen molar-refractivity contribution in [3.05, 3.63) is 35.9 Å². The van der Waals surface area contributed by atoms with E-state index in [1.165, 1.54) is 20.3 Å². The molecule has 1 atom stereocenters. The second kappa shape index (κ2) is 10.4. The molecule has 2 rings (SSSR count). The smallest absolute Gasteiger partial charge is 0.328 e. The molecule has 0 bridgehead atoms. The maximum Gasteiger partial charge on any atom is 0.328 e. The van der Waals surface area contributed by atoms with Gasteiger partial charge in [0.15, 0.2) is 0 Å². The van der Waals surface area contributed by atoms with Crippen LogP contribution in [0.25, 0.3) is 0 Å². The molecule has 2 N–H and O–H groups in total. The van der Waals surface area contributed by atoms with Crippen LogP contribution in [0, 0.1) is 5.92 Å². The fourth-order valence-corrected chi connectivity index (χ4v) is 2.61. The monoisotopic (exact) mass is 416 g/mol. The van der Waals surface area contributed by atoms with E-state index in [0.29, 0.717) is 0 Å². The molecule has 0 radical (unpaired) electrons. The van der Waals surface area contributed by atoms with E-state index in [0.717, 1.165) is 0 Å². The second-order valence-corrected chi connectivity index (χ2v) is 7.19. The van der Waals surface area contributed by atoms with Gasteiger partial charge in [-0.05, 0) is 31.9 Å². The Kier molecular flexibility index (Phi) is 7.97. The van der Waals surface area contributed by atoms with Gasteiger partial charge in [0.25, 0.3) is 5.91 Å². The fourth-order valence-electron chi connectivity index (χ4n) is 2.61. The fraction of sp³-hybridized carbons (Fsp3) is 0.429. The van der Waals surface area contributed by atoms with Crippen molar-refractivity contribution in [2.75, 3.05) is 14.2 Å². The maximum absolute atomic E-state index is 12.9. The molecule has 0 saturated carbocycles. The maximum atomic E-state index is 12.9. The minimum absolute atomic E-state index is 0.0357. The lowest BCUT2D eigenvalue weighted by molar-refractivity contribution is -0.124. The number of nitrogens with one attached hydrogen (secondary N) is 2. The number of hydrogen-bond acceptors (Lipinski definition) is 7. The summed E-state index contributed by atoms with van der Waals surface area (Å²) in [6.07, 6.45) is 0. The Hall–Kier alpha value is -3.36. The Labute approximate surface area is 176 Å².